The minimum absolute atomic E-state index is 0.227. The van der Waals surface area contributed by atoms with Gasteiger partial charge in [0.2, 0.25) is 11.8 Å². The molecule has 1 aromatic rings. The first-order valence-corrected chi connectivity index (χ1v) is 7.80. The smallest absolute Gasteiger partial charge is 0.242 e. The standard InChI is InChI=1S/C17H22F2N2O2/c1-9(2)6-15(17(23)20-3)21-16(22)13-8-11(13)12-7-10(18)4-5-14(12)19/h4-5,7,9,11,13,15H,6,8H2,1-3H3,(H,20,23)(H,21,22). The number of rotatable bonds is 6. The van der Waals surface area contributed by atoms with Crippen LogP contribution in [0.4, 0.5) is 8.78 Å². The average Bonchev–Trinajstić information content (AvgIpc) is 3.28. The van der Waals surface area contributed by atoms with Crippen LogP contribution in [-0.4, -0.2) is 24.9 Å². The molecule has 4 nitrogen and oxygen atoms in total. The van der Waals surface area contributed by atoms with Gasteiger partial charge in [-0.15, -0.1) is 0 Å². The summed E-state index contributed by atoms with van der Waals surface area (Å²) < 4.78 is 27.0. The number of halogens is 2. The van der Waals surface area contributed by atoms with Crippen molar-refractivity contribution in [1.29, 1.82) is 0 Å². The second-order valence-electron chi connectivity index (χ2n) is 6.42. The summed E-state index contributed by atoms with van der Waals surface area (Å²) in [5, 5.41) is 5.26. The topological polar surface area (TPSA) is 58.2 Å². The predicted octanol–water partition coefficient (Wildman–Crippen LogP) is 2.35. The van der Waals surface area contributed by atoms with Crippen molar-refractivity contribution in [2.45, 2.75) is 38.6 Å². The Hall–Kier alpha value is -1.98. The van der Waals surface area contributed by atoms with Crippen LogP contribution in [0.1, 0.15) is 38.2 Å². The molecule has 0 bridgehead atoms. The number of carbonyl (C=O) groups is 2. The van der Waals surface area contributed by atoms with E-state index in [1.54, 1.807) is 0 Å². The molecule has 0 radical (unpaired) electrons. The SMILES string of the molecule is CNC(=O)C(CC(C)C)NC(=O)C1CC1c1cc(F)ccc1F. The van der Waals surface area contributed by atoms with Crippen LogP contribution >= 0.6 is 0 Å². The van der Waals surface area contributed by atoms with Crippen molar-refractivity contribution in [1.82, 2.24) is 10.6 Å². The first-order valence-electron chi connectivity index (χ1n) is 7.80. The maximum Gasteiger partial charge on any atom is 0.242 e. The van der Waals surface area contributed by atoms with Gasteiger partial charge in [0.1, 0.15) is 17.7 Å². The minimum atomic E-state index is -0.605. The van der Waals surface area contributed by atoms with Crippen LogP contribution in [0.2, 0.25) is 0 Å². The zero-order chi connectivity index (χ0) is 17.1. The number of benzene rings is 1. The second-order valence-corrected chi connectivity index (χ2v) is 6.42. The zero-order valence-electron chi connectivity index (χ0n) is 13.5. The highest BCUT2D eigenvalue weighted by atomic mass is 19.1. The Labute approximate surface area is 134 Å². The summed E-state index contributed by atoms with van der Waals surface area (Å²) in [5.41, 5.74) is 0.227. The molecule has 3 unspecified atom stereocenters. The molecule has 1 aromatic carbocycles. The van der Waals surface area contributed by atoms with E-state index in [0.29, 0.717) is 12.8 Å². The van der Waals surface area contributed by atoms with Crippen LogP contribution in [-0.2, 0) is 9.59 Å². The van der Waals surface area contributed by atoms with E-state index in [1.165, 1.54) is 7.05 Å². The number of carbonyl (C=O) groups excluding carboxylic acids is 2. The molecule has 1 aliphatic rings. The lowest BCUT2D eigenvalue weighted by Crippen LogP contribution is -2.47. The molecule has 0 saturated heterocycles. The fourth-order valence-electron chi connectivity index (χ4n) is 2.78. The molecule has 2 amide bonds. The van der Waals surface area contributed by atoms with E-state index in [0.717, 1.165) is 18.2 Å². The molecular weight excluding hydrogens is 302 g/mol. The number of likely N-dealkylation sites (N-methyl/N-ethyl adjacent to an activating group) is 1. The van der Waals surface area contributed by atoms with E-state index < -0.39 is 23.6 Å². The number of nitrogens with one attached hydrogen (secondary N) is 2. The third kappa shape index (κ3) is 4.27. The van der Waals surface area contributed by atoms with Gasteiger partial charge in [-0.05, 0) is 48.4 Å². The number of hydrogen-bond acceptors (Lipinski definition) is 2. The van der Waals surface area contributed by atoms with Crippen molar-refractivity contribution in [3.8, 4) is 0 Å². The Morgan fingerprint density at radius 3 is 2.61 bits per heavy atom. The highest BCUT2D eigenvalue weighted by molar-refractivity contribution is 5.90. The summed E-state index contributed by atoms with van der Waals surface area (Å²) in [7, 11) is 1.52. The normalized spacial score (nSPS) is 21.0. The van der Waals surface area contributed by atoms with Gasteiger partial charge in [0.05, 0.1) is 0 Å². The van der Waals surface area contributed by atoms with E-state index in [2.05, 4.69) is 10.6 Å². The summed E-state index contributed by atoms with van der Waals surface area (Å²) in [5.74, 6) is -2.05. The molecule has 2 N–H and O–H groups in total. The van der Waals surface area contributed by atoms with Crippen LogP contribution in [0.15, 0.2) is 18.2 Å². The highest BCUT2D eigenvalue weighted by Crippen LogP contribution is 2.48. The van der Waals surface area contributed by atoms with Crippen LogP contribution < -0.4 is 10.6 Å². The lowest BCUT2D eigenvalue weighted by Gasteiger charge is -2.19. The van der Waals surface area contributed by atoms with Gasteiger partial charge >= 0.3 is 0 Å². The summed E-state index contributed by atoms with van der Waals surface area (Å²) in [6.45, 7) is 3.92. The van der Waals surface area contributed by atoms with Crippen molar-refractivity contribution >= 4 is 11.8 Å². The summed E-state index contributed by atoms with van der Waals surface area (Å²) in [4.78, 5) is 24.1. The zero-order valence-corrected chi connectivity index (χ0v) is 13.5. The van der Waals surface area contributed by atoms with Crippen molar-refractivity contribution in [2.75, 3.05) is 7.05 Å². The molecule has 0 heterocycles. The van der Waals surface area contributed by atoms with E-state index in [1.807, 2.05) is 13.8 Å². The quantitative estimate of drug-likeness (QED) is 0.844. The van der Waals surface area contributed by atoms with Crippen molar-refractivity contribution in [3.63, 3.8) is 0 Å². The monoisotopic (exact) mass is 324 g/mol. The maximum absolute atomic E-state index is 13.8. The van der Waals surface area contributed by atoms with Gasteiger partial charge in [0.15, 0.2) is 0 Å². The van der Waals surface area contributed by atoms with Crippen molar-refractivity contribution < 1.29 is 18.4 Å². The second kappa shape index (κ2) is 7.06. The maximum atomic E-state index is 13.8. The fraction of sp³-hybridized carbons (Fsp3) is 0.529. The van der Waals surface area contributed by atoms with Crippen LogP contribution in [0.3, 0.4) is 0 Å². The first kappa shape index (κ1) is 17.4. The molecular formula is C17H22F2N2O2. The molecule has 1 saturated carbocycles. The fourth-order valence-corrected chi connectivity index (χ4v) is 2.78. The molecule has 1 aliphatic carbocycles. The minimum Gasteiger partial charge on any atom is -0.357 e. The van der Waals surface area contributed by atoms with Gasteiger partial charge in [-0.2, -0.15) is 0 Å². The third-order valence-electron chi connectivity index (χ3n) is 4.07. The highest BCUT2D eigenvalue weighted by Gasteiger charge is 2.46. The first-order chi connectivity index (χ1) is 10.8. The average molecular weight is 324 g/mol. The molecule has 0 aliphatic heterocycles. The Morgan fingerprint density at radius 1 is 1.30 bits per heavy atom. The van der Waals surface area contributed by atoms with Gasteiger partial charge in [-0.1, -0.05) is 13.8 Å². The van der Waals surface area contributed by atoms with Gasteiger partial charge in [0, 0.05) is 13.0 Å². The summed E-state index contributed by atoms with van der Waals surface area (Å²) >= 11 is 0. The molecule has 0 aromatic heterocycles. The van der Waals surface area contributed by atoms with E-state index in [4.69, 9.17) is 0 Å². The van der Waals surface area contributed by atoms with E-state index >= 15 is 0 Å². The van der Waals surface area contributed by atoms with E-state index in [9.17, 15) is 18.4 Å². The largest absolute Gasteiger partial charge is 0.357 e. The Bertz CT molecular complexity index is 604. The molecule has 126 valence electrons. The van der Waals surface area contributed by atoms with Gasteiger partial charge in [-0.3, -0.25) is 9.59 Å². The van der Waals surface area contributed by atoms with Crippen molar-refractivity contribution in [2.24, 2.45) is 11.8 Å². The third-order valence-corrected chi connectivity index (χ3v) is 4.07. The van der Waals surface area contributed by atoms with Gasteiger partial charge < -0.3 is 10.6 Å². The van der Waals surface area contributed by atoms with Gasteiger partial charge in [0.25, 0.3) is 0 Å². The summed E-state index contributed by atoms with van der Waals surface area (Å²) in [6.07, 6.45) is 0.992. The van der Waals surface area contributed by atoms with Crippen LogP contribution in [0.25, 0.3) is 0 Å². The Kier molecular flexibility index (Phi) is 5.34. The van der Waals surface area contributed by atoms with Crippen LogP contribution in [0.5, 0.6) is 0 Å². The van der Waals surface area contributed by atoms with Gasteiger partial charge in [-0.25, -0.2) is 8.78 Å². The molecule has 2 rings (SSSR count). The predicted molar refractivity (Wildman–Crippen MR) is 82.7 cm³/mol. The lowest BCUT2D eigenvalue weighted by molar-refractivity contribution is -0.129. The molecule has 1 fully saturated rings. The van der Waals surface area contributed by atoms with Crippen LogP contribution in [0, 0.1) is 23.5 Å². The number of hydrogen-bond donors (Lipinski definition) is 2. The molecule has 6 heteroatoms. The number of amides is 2. The molecule has 23 heavy (non-hydrogen) atoms. The molecule has 3 atom stereocenters. The Balaban J connectivity index is 2.01. The lowest BCUT2D eigenvalue weighted by atomic mass is 10.0. The molecule has 0 spiro atoms. The van der Waals surface area contributed by atoms with Crippen molar-refractivity contribution in [3.05, 3.63) is 35.4 Å². The van der Waals surface area contributed by atoms with E-state index in [-0.39, 0.29) is 29.2 Å². The Morgan fingerprint density at radius 2 is 2.00 bits per heavy atom. The summed E-state index contributed by atoms with van der Waals surface area (Å²) in [6, 6.07) is 2.66.